The van der Waals surface area contributed by atoms with Crippen LogP contribution in [0, 0.1) is 5.92 Å². The Morgan fingerprint density at radius 2 is 1.86 bits per heavy atom. The van der Waals surface area contributed by atoms with Crippen molar-refractivity contribution in [3.63, 3.8) is 0 Å². The molecule has 29 heavy (non-hydrogen) atoms. The number of primary sulfonamides is 1. The van der Waals surface area contributed by atoms with Crippen LogP contribution in [0.15, 0.2) is 28.1 Å². The number of carbonyl (C=O) groups excluding carboxylic acids is 2. The Labute approximate surface area is 174 Å². The van der Waals surface area contributed by atoms with Gasteiger partial charge in [-0.15, -0.1) is 0 Å². The van der Waals surface area contributed by atoms with Crippen molar-refractivity contribution in [3.8, 4) is 0 Å². The van der Waals surface area contributed by atoms with E-state index in [0.717, 1.165) is 37.0 Å². The Kier molecular flexibility index (Phi) is 8.12. The second-order valence-electron chi connectivity index (χ2n) is 6.67. The van der Waals surface area contributed by atoms with Gasteiger partial charge in [-0.25, -0.2) is 13.6 Å². The summed E-state index contributed by atoms with van der Waals surface area (Å²) >= 11 is 1.14. The van der Waals surface area contributed by atoms with Gasteiger partial charge in [0.15, 0.2) is 4.80 Å². The van der Waals surface area contributed by atoms with Crippen molar-refractivity contribution in [1.82, 2.24) is 4.57 Å². The van der Waals surface area contributed by atoms with Gasteiger partial charge in [-0.2, -0.15) is 4.99 Å². The molecule has 2 N–H and O–H groups in total. The van der Waals surface area contributed by atoms with Crippen molar-refractivity contribution in [3.05, 3.63) is 23.0 Å². The van der Waals surface area contributed by atoms with E-state index in [1.165, 1.54) is 12.1 Å². The molecule has 0 bridgehead atoms. The Morgan fingerprint density at radius 3 is 2.41 bits per heavy atom. The van der Waals surface area contributed by atoms with Gasteiger partial charge in [0.05, 0.1) is 21.7 Å². The van der Waals surface area contributed by atoms with Crippen LogP contribution in [0.2, 0.25) is 0 Å². The minimum atomic E-state index is -3.87. The van der Waals surface area contributed by atoms with Crippen LogP contribution in [0.3, 0.4) is 0 Å². The van der Waals surface area contributed by atoms with E-state index in [1.54, 1.807) is 17.6 Å². The van der Waals surface area contributed by atoms with Crippen LogP contribution in [0.4, 0.5) is 0 Å². The van der Waals surface area contributed by atoms with Gasteiger partial charge >= 0.3 is 5.97 Å². The highest BCUT2D eigenvalue weighted by Crippen LogP contribution is 2.22. The van der Waals surface area contributed by atoms with E-state index in [4.69, 9.17) is 9.88 Å². The summed E-state index contributed by atoms with van der Waals surface area (Å²) in [5, 5.41) is 5.22. The molecule has 0 radical (unpaired) electrons. The summed E-state index contributed by atoms with van der Waals surface area (Å²) in [5.41, 5.74) is 0.588. The molecule has 0 spiro atoms. The standard InChI is InChI=1S/C19H27N3O5S2/c1-4-7-13(8-5-2)18(24)21-19-22(12-17(23)27-6-3)15-10-9-14(29(20,25)26)11-16(15)28-19/h9-11,13H,4-8,12H2,1-3H3,(H2,20,25,26). The molecule has 0 aliphatic heterocycles. The first kappa shape index (κ1) is 23.2. The van der Waals surface area contributed by atoms with Crippen LogP contribution in [-0.2, 0) is 30.9 Å². The molecule has 1 aromatic carbocycles. The van der Waals surface area contributed by atoms with E-state index >= 15 is 0 Å². The number of fused-ring (bicyclic) bond motifs is 1. The summed E-state index contributed by atoms with van der Waals surface area (Å²) < 4.78 is 30.5. The van der Waals surface area contributed by atoms with Gasteiger partial charge in [-0.3, -0.25) is 9.59 Å². The zero-order valence-corrected chi connectivity index (χ0v) is 18.5. The summed E-state index contributed by atoms with van der Waals surface area (Å²) in [6.07, 6.45) is 3.24. The molecule has 0 saturated heterocycles. The number of thiazole rings is 1. The van der Waals surface area contributed by atoms with Crippen molar-refractivity contribution in [1.29, 1.82) is 0 Å². The lowest BCUT2D eigenvalue weighted by Crippen LogP contribution is -2.24. The maximum atomic E-state index is 12.8. The summed E-state index contributed by atoms with van der Waals surface area (Å²) in [6.45, 7) is 5.86. The number of aromatic nitrogens is 1. The fourth-order valence-electron chi connectivity index (χ4n) is 3.08. The fraction of sp³-hybridized carbons (Fsp3) is 0.526. The first-order valence-electron chi connectivity index (χ1n) is 9.61. The van der Waals surface area contributed by atoms with Crippen LogP contribution in [-0.4, -0.2) is 31.5 Å². The van der Waals surface area contributed by atoms with Crippen molar-refractivity contribution in [2.24, 2.45) is 16.0 Å². The molecular formula is C19H27N3O5S2. The molecule has 160 valence electrons. The number of carbonyl (C=O) groups is 2. The largest absolute Gasteiger partial charge is 0.465 e. The van der Waals surface area contributed by atoms with Crippen molar-refractivity contribution < 1.29 is 22.7 Å². The Morgan fingerprint density at radius 1 is 1.21 bits per heavy atom. The number of hydrogen-bond acceptors (Lipinski definition) is 6. The third-order valence-electron chi connectivity index (χ3n) is 4.40. The van der Waals surface area contributed by atoms with E-state index < -0.39 is 16.0 Å². The number of amides is 1. The molecular weight excluding hydrogens is 414 g/mol. The van der Waals surface area contributed by atoms with Gasteiger partial charge in [-0.1, -0.05) is 38.0 Å². The maximum Gasteiger partial charge on any atom is 0.326 e. The molecule has 10 heteroatoms. The second-order valence-corrected chi connectivity index (χ2v) is 9.25. The number of benzene rings is 1. The van der Waals surface area contributed by atoms with Crippen LogP contribution in [0.1, 0.15) is 46.5 Å². The van der Waals surface area contributed by atoms with E-state index in [-0.39, 0.29) is 29.9 Å². The van der Waals surface area contributed by atoms with Crippen LogP contribution in [0.25, 0.3) is 10.2 Å². The maximum absolute atomic E-state index is 12.8. The molecule has 2 rings (SSSR count). The molecule has 0 aliphatic carbocycles. The lowest BCUT2D eigenvalue weighted by molar-refractivity contribution is -0.143. The van der Waals surface area contributed by atoms with Gasteiger partial charge < -0.3 is 9.30 Å². The topological polar surface area (TPSA) is 121 Å². The molecule has 0 atom stereocenters. The third-order valence-corrected chi connectivity index (χ3v) is 6.36. The second kappa shape index (κ2) is 10.1. The highest BCUT2D eigenvalue weighted by molar-refractivity contribution is 7.89. The summed E-state index contributed by atoms with van der Waals surface area (Å²) in [6, 6.07) is 4.36. The van der Waals surface area contributed by atoms with E-state index in [2.05, 4.69) is 4.99 Å². The molecule has 0 fully saturated rings. The lowest BCUT2D eigenvalue weighted by Gasteiger charge is -2.10. The Balaban J connectivity index is 2.61. The highest BCUT2D eigenvalue weighted by atomic mass is 32.2. The SMILES string of the molecule is CCCC(CCC)C(=O)N=c1sc2cc(S(N)(=O)=O)ccc2n1CC(=O)OCC. The van der Waals surface area contributed by atoms with Crippen LogP contribution < -0.4 is 9.94 Å². The Bertz CT molecular complexity index is 1050. The molecule has 2 aromatic rings. The molecule has 1 aromatic heterocycles. The fourth-order valence-corrected chi connectivity index (χ4v) is 4.77. The number of sulfonamides is 1. The normalized spacial score (nSPS) is 12.7. The molecule has 1 heterocycles. The van der Waals surface area contributed by atoms with E-state index in [0.29, 0.717) is 15.0 Å². The number of nitrogens with two attached hydrogens (primary N) is 1. The molecule has 8 nitrogen and oxygen atoms in total. The van der Waals surface area contributed by atoms with E-state index in [9.17, 15) is 18.0 Å². The van der Waals surface area contributed by atoms with Gasteiger partial charge in [0.25, 0.3) is 5.91 Å². The minimum absolute atomic E-state index is 0.0396. The smallest absolute Gasteiger partial charge is 0.326 e. The summed E-state index contributed by atoms with van der Waals surface area (Å²) in [4.78, 5) is 29.4. The quantitative estimate of drug-likeness (QED) is 0.600. The van der Waals surface area contributed by atoms with Crippen molar-refractivity contribution >= 4 is 43.5 Å². The predicted octanol–water partition coefficient (Wildman–Crippen LogP) is 2.56. The average molecular weight is 442 g/mol. The van der Waals surface area contributed by atoms with Gasteiger partial charge in [0.1, 0.15) is 6.54 Å². The van der Waals surface area contributed by atoms with Gasteiger partial charge in [0, 0.05) is 5.92 Å². The summed E-state index contributed by atoms with van der Waals surface area (Å²) in [7, 11) is -3.87. The predicted molar refractivity (Wildman–Crippen MR) is 112 cm³/mol. The molecule has 0 saturated carbocycles. The minimum Gasteiger partial charge on any atom is -0.465 e. The number of rotatable bonds is 9. The van der Waals surface area contributed by atoms with E-state index in [1.807, 2.05) is 13.8 Å². The number of hydrogen-bond donors (Lipinski definition) is 1. The number of ether oxygens (including phenoxy) is 1. The monoisotopic (exact) mass is 441 g/mol. The van der Waals surface area contributed by atoms with Crippen LogP contribution in [0.5, 0.6) is 0 Å². The lowest BCUT2D eigenvalue weighted by atomic mass is 9.98. The van der Waals surface area contributed by atoms with Crippen LogP contribution >= 0.6 is 11.3 Å². The number of nitrogens with zero attached hydrogens (tertiary/aromatic N) is 2. The zero-order valence-electron chi connectivity index (χ0n) is 16.9. The van der Waals surface area contributed by atoms with Crippen molar-refractivity contribution in [2.45, 2.75) is 57.9 Å². The van der Waals surface area contributed by atoms with Gasteiger partial charge in [-0.05, 0) is 38.0 Å². The first-order chi connectivity index (χ1) is 13.7. The number of esters is 1. The van der Waals surface area contributed by atoms with Crippen molar-refractivity contribution in [2.75, 3.05) is 6.61 Å². The molecule has 1 amide bonds. The Hall–Kier alpha value is -2.04. The average Bonchev–Trinajstić information content (AvgIpc) is 2.97. The molecule has 0 unspecified atom stereocenters. The highest BCUT2D eigenvalue weighted by Gasteiger charge is 2.19. The first-order valence-corrected chi connectivity index (χ1v) is 12.0. The van der Waals surface area contributed by atoms with Gasteiger partial charge in [0.2, 0.25) is 10.0 Å². The molecule has 0 aliphatic rings. The summed E-state index contributed by atoms with van der Waals surface area (Å²) in [5.74, 6) is -0.869. The third kappa shape index (κ3) is 5.97. The zero-order chi connectivity index (χ0) is 21.6.